The quantitative estimate of drug-likeness (QED) is 0.211. The summed E-state index contributed by atoms with van der Waals surface area (Å²) in [5, 5.41) is 11.5. The number of amides is 2. The zero-order chi connectivity index (χ0) is 30.4. The number of halogens is 1. The summed E-state index contributed by atoms with van der Waals surface area (Å²) in [4.78, 5) is 28.9. The Labute approximate surface area is 261 Å². The molecule has 11 heteroatoms. The molecule has 5 aromatic rings. The molecule has 222 valence electrons. The number of carbonyl (C=O) groups is 2. The van der Waals surface area contributed by atoms with Gasteiger partial charge in [-0.25, -0.2) is 0 Å². The average Bonchev–Trinajstić information content (AvgIpc) is 3.60. The summed E-state index contributed by atoms with van der Waals surface area (Å²) in [5.41, 5.74) is 5.72. The molecule has 2 atom stereocenters. The van der Waals surface area contributed by atoms with Gasteiger partial charge in [-0.15, -0.1) is 0 Å². The number of hydrogen-bond donors (Lipinski definition) is 2. The molecule has 0 aliphatic carbocycles. The van der Waals surface area contributed by atoms with Crippen LogP contribution in [0.1, 0.15) is 50.7 Å². The Morgan fingerprint density at radius 1 is 1.16 bits per heavy atom. The minimum absolute atomic E-state index is 0.0577. The largest absolute Gasteiger partial charge is 0.593 e. The van der Waals surface area contributed by atoms with Crippen LogP contribution in [0.25, 0.3) is 33.2 Å². The van der Waals surface area contributed by atoms with E-state index in [4.69, 9.17) is 4.42 Å². The maximum atomic E-state index is 13.7. The predicted octanol–water partition coefficient (Wildman–Crippen LogP) is 6.16. The zero-order valence-electron chi connectivity index (χ0n) is 24.4. The molecular formula is C32H32BrN5O4S. The molecule has 2 N–H and O–H groups in total. The topological polar surface area (TPSA) is 118 Å². The molecule has 43 heavy (non-hydrogen) atoms. The third kappa shape index (κ3) is 5.41. The number of fused-ring (bicyclic) bond motifs is 2. The first-order valence-corrected chi connectivity index (χ1v) is 16.4. The number of likely N-dealkylation sites (tertiary alicyclic amines) is 1. The van der Waals surface area contributed by atoms with Gasteiger partial charge in [0.2, 0.25) is 0 Å². The van der Waals surface area contributed by atoms with Gasteiger partial charge in [-0.1, -0.05) is 45.8 Å². The Kier molecular flexibility index (Phi) is 7.97. The first-order valence-electron chi connectivity index (χ1n) is 14.1. The van der Waals surface area contributed by atoms with Crippen molar-refractivity contribution in [2.24, 2.45) is 0 Å². The van der Waals surface area contributed by atoms with Crippen LogP contribution in [0.3, 0.4) is 0 Å². The van der Waals surface area contributed by atoms with E-state index < -0.39 is 11.4 Å². The SMILES string of the molecule is CNC(=O)c1c(-c2ccc(C)cc2)oc2cc(N(C)[S+](C)[O-])c([C@H]3CCCN(C(=O)c4n[nH]c5cc(Br)ccc45)C3)cc12. The number of hydrogen-bond acceptors (Lipinski definition) is 6. The van der Waals surface area contributed by atoms with Gasteiger partial charge in [-0.05, 0) is 49.6 Å². The van der Waals surface area contributed by atoms with Gasteiger partial charge < -0.3 is 19.2 Å². The van der Waals surface area contributed by atoms with Crippen molar-refractivity contribution in [2.45, 2.75) is 25.7 Å². The second-order valence-electron chi connectivity index (χ2n) is 10.9. The molecule has 0 bridgehead atoms. The summed E-state index contributed by atoms with van der Waals surface area (Å²) in [6.07, 6.45) is 3.25. The van der Waals surface area contributed by atoms with Gasteiger partial charge in [-0.3, -0.25) is 14.7 Å². The normalized spacial score (nSPS) is 16.0. The number of nitrogens with zero attached hydrogens (tertiary/aromatic N) is 3. The summed E-state index contributed by atoms with van der Waals surface area (Å²) in [6.45, 7) is 3.08. The number of benzene rings is 3. The lowest BCUT2D eigenvalue weighted by Gasteiger charge is -2.34. The van der Waals surface area contributed by atoms with E-state index in [1.165, 1.54) is 0 Å². The fourth-order valence-corrected chi connectivity index (χ4v) is 6.66. The molecule has 3 heterocycles. The van der Waals surface area contributed by atoms with Gasteiger partial charge in [0.25, 0.3) is 11.8 Å². The summed E-state index contributed by atoms with van der Waals surface area (Å²) >= 11 is 2.16. The maximum absolute atomic E-state index is 13.7. The second-order valence-corrected chi connectivity index (χ2v) is 13.2. The number of piperidine rings is 1. The van der Waals surface area contributed by atoms with E-state index >= 15 is 0 Å². The molecule has 0 spiro atoms. The molecule has 1 unspecified atom stereocenters. The monoisotopic (exact) mass is 661 g/mol. The minimum Gasteiger partial charge on any atom is -0.593 e. The van der Waals surface area contributed by atoms with Crippen molar-refractivity contribution in [1.29, 1.82) is 0 Å². The van der Waals surface area contributed by atoms with Crippen LogP contribution >= 0.6 is 15.9 Å². The predicted molar refractivity (Wildman–Crippen MR) is 174 cm³/mol. The van der Waals surface area contributed by atoms with Crippen molar-refractivity contribution in [3.8, 4) is 11.3 Å². The fourth-order valence-electron chi connectivity index (χ4n) is 5.87. The van der Waals surface area contributed by atoms with Crippen molar-refractivity contribution in [3.63, 3.8) is 0 Å². The molecule has 0 saturated carbocycles. The number of aryl methyl sites for hydroxylation is 1. The van der Waals surface area contributed by atoms with Crippen LogP contribution in [0.4, 0.5) is 5.69 Å². The Bertz CT molecular complexity index is 1850. The fraction of sp³-hybridized carbons (Fsp3) is 0.281. The van der Waals surface area contributed by atoms with Crippen LogP contribution in [0.5, 0.6) is 0 Å². The van der Waals surface area contributed by atoms with E-state index in [2.05, 4.69) is 31.4 Å². The van der Waals surface area contributed by atoms with Crippen LogP contribution in [-0.4, -0.2) is 64.9 Å². The van der Waals surface area contributed by atoms with E-state index in [0.29, 0.717) is 41.1 Å². The zero-order valence-corrected chi connectivity index (χ0v) is 26.8. The third-order valence-corrected chi connectivity index (χ3v) is 9.67. The van der Waals surface area contributed by atoms with Crippen molar-refractivity contribution < 1.29 is 18.6 Å². The van der Waals surface area contributed by atoms with E-state index in [1.807, 2.05) is 66.4 Å². The van der Waals surface area contributed by atoms with Crippen LogP contribution in [0.15, 0.2) is 63.5 Å². The van der Waals surface area contributed by atoms with Crippen LogP contribution < -0.4 is 9.62 Å². The highest BCUT2D eigenvalue weighted by molar-refractivity contribution is 9.10. The van der Waals surface area contributed by atoms with Crippen molar-refractivity contribution in [3.05, 3.63) is 81.5 Å². The van der Waals surface area contributed by atoms with Crippen molar-refractivity contribution in [1.82, 2.24) is 20.4 Å². The highest BCUT2D eigenvalue weighted by Crippen LogP contribution is 2.42. The number of H-pyrrole nitrogens is 1. The Morgan fingerprint density at radius 2 is 1.93 bits per heavy atom. The Balaban J connectivity index is 1.44. The van der Waals surface area contributed by atoms with Gasteiger partial charge in [0.05, 0.1) is 35.2 Å². The van der Waals surface area contributed by atoms with Gasteiger partial charge in [0, 0.05) is 52.9 Å². The lowest BCUT2D eigenvalue weighted by Crippen LogP contribution is -2.40. The van der Waals surface area contributed by atoms with E-state index in [-0.39, 0.29) is 17.7 Å². The molecule has 2 amide bonds. The van der Waals surface area contributed by atoms with Crippen LogP contribution in [0.2, 0.25) is 0 Å². The molecule has 1 aliphatic heterocycles. The number of carbonyl (C=O) groups excluding carboxylic acids is 2. The number of aromatic amines is 1. The Morgan fingerprint density at radius 3 is 2.65 bits per heavy atom. The van der Waals surface area contributed by atoms with Crippen molar-refractivity contribution >= 4 is 66.7 Å². The molecule has 1 aliphatic rings. The molecule has 1 saturated heterocycles. The number of rotatable bonds is 6. The standard InChI is InChI=1S/C32H32BrN5O4S/c1-18-7-9-19(10-8-18)30-28(31(39)34-2)24-15-23(26(16-27(24)42-30)37(3)43(4)41)20-6-5-13-38(17-20)32(40)29-22-12-11-21(33)14-25(22)35-36-29/h7-12,14-16,20H,5-6,13,17H2,1-4H3,(H,34,39)(H,35,36)/t20-,43?/m0/s1. The smallest absolute Gasteiger partial charge is 0.275 e. The highest BCUT2D eigenvalue weighted by atomic mass is 79.9. The number of nitrogens with one attached hydrogen (secondary N) is 2. The third-order valence-electron chi connectivity index (χ3n) is 8.21. The highest BCUT2D eigenvalue weighted by Gasteiger charge is 2.32. The average molecular weight is 663 g/mol. The lowest BCUT2D eigenvalue weighted by atomic mass is 9.88. The summed E-state index contributed by atoms with van der Waals surface area (Å²) in [5.74, 6) is 0.0372. The van der Waals surface area contributed by atoms with Gasteiger partial charge in [0.1, 0.15) is 17.6 Å². The molecule has 3 aromatic carbocycles. The lowest BCUT2D eigenvalue weighted by molar-refractivity contribution is 0.0703. The molecular weight excluding hydrogens is 630 g/mol. The van der Waals surface area contributed by atoms with E-state index in [0.717, 1.165) is 50.6 Å². The van der Waals surface area contributed by atoms with Gasteiger partial charge in [0.15, 0.2) is 5.69 Å². The second kappa shape index (κ2) is 11.7. The summed E-state index contributed by atoms with van der Waals surface area (Å²) in [7, 11) is 3.38. The van der Waals surface area contributed by atoms with E-state index in [9.17, 15) is 14.1 Å². The molecule has 0 radical (unpaired) electrons. The molecule has 2 aromatic heterocycles. The molecule has 6 rings (SSSR count). The minimum atomic E-state index is -1.31. The number of furan rings is 1. The number of anilines is 1. The molecule has 9 nitrogen and oxygen atoms in total. The summed E-state index contributed by atoms with van der Waals surface area (Å²) < 4.78 is 21.7. The van der Waals surface area contributed by atoms with Gasteiger partial charge >= 0.3 is 0 Å². The van der Waals surface area contributed by atoms with Crippen LogP contribution in [0, 0.1) is 6.92 Å². The van der Waals surface area contributed by atoms with Gasteiger partial charge in [-0.2, -0.15) is 9.40 Å². The van der Waals surface area contributed by atoms with Crippen LogP contribution in [-0.2, 0) is 11.4 Å². The first-order chi connectivity index (χ1) is 20.7. The summed E-state index contributed by atoms with van der Waals surface area (Å²) in [6, 6.07) is 17.4. The number of aromatic nitrogens is 2. The van der Waals surface area contributed by atoms with E-state index in [1.54, 1.807) is 24.7 Å². The first kappa shape index (κ1) is 29.3. The Hall–Kier alpha value is -3.80. The van der Waals surface area contributed by atoms with Crippen molar-refractivity contribution in [2.75, 3.05) is 37.7 Å². The maximum Gasteiger partial charge on any atom is 0.275 e. The molecule has 1 fully saturated rings.